The standard InChI is InChI=1S/C24H20ClN3O5S/c1-32-18-5-3-4-15(10-18)22-14-23(28-27-22)24(29)26-17-11-19(33-2)13-21(12-17)34(30,31)20-8-6-16(25)7-9-20/h3-14H,1-2H3,(H,26,29)(H,27,28). The molecule has 3 aromatic carbocycles. The van der Waals surface area contributed by atoms with Crippen LogP contribution in [0, 0.1) is 0 Å². The van der Waals surface area contributed by atoms with E-state index in [0.717, 1.165) is 5.56 Å². The van der Waals surface area contributed by atoms with Crippen LogP contribution in [0.1, 0.15) is 10.5 Å². The summed E-state index contributed by atoms with van der Waals surface area (Å²) in [7, 11) is -0.893. The summed E-state index contributed by atoms with van der Waals surface area (Å²) in [5.41, 5.74) is 1.77. The molecular formula is C24H20ClN3O5S. The van der Waals surface area contributed by atoms with Crippen LogP contribution in [0.15, 0.2) is 82.6 Å². The number of anilines is 1. The van der Waals surface area contributed by atoms with Crippen molar-refractivity contribution >= 4 is 33.0 Å². The minimum atomic E-state index is -3.87. The number of rotatable bonds is 7. The minimum Gasteiger partial charge on any atom is -0.497 e. The van der Waals surface area contributed by atoms with E-state index in [4.69, 9.17) is 21.1 Å². The number of amides is 1. The van der Waals surface area contributed by atoms with Gasteiger partial charge in [0.15, 0.2) is 0 Å². The third kappa shape index (κ3) is 4.90. The van der Waals surface area contributed by atoms with Crippen molar-refractivity contribution in [2.24, 2.45) is 0 Å². The average Bonchev–Trinajstić information content (AvgIpc) is 3.35. The summed E-state index contributed by atoms with van der Waals surface area (Å²) < 4.78 is 36.7. The van der Waals surface area contributed by atoms with E-state index in [0.29, 0.717) is 16.5 Å². The van der Waals surface area contributed by atoms with Gasteiger partial charge < -0.3 is 14.8 Å². The highest BCUT2D eigenvalue weighted by molar-refractivity contribution is 7.91. The second-order valence-electron chi connectivity index (χ2n) is 7.21. The van der Waals surface area contributed by atoms with Gasteiger partial charge in [-0.25, -0.2) is 8.42 Å². The molecule has 0 aliphatic rings. The van der Waals surface area contributed by atoms with Gasteiger partial charge in [-0.15, -0.1) is 0 Å². The smallest absolute Gasteiger partial charge is 0.273 e. The Hall–Kier alpha value is -3.82. The molecule has 8 nitrogen and oxygen atoms in total. The maximum absolute atomic E-state index is 13.1. The number of aromatic nitrogens is 2. The first-order valence-electron chi connectivity index (χ1n) is 10.0. The Labute approximate surface area is 201 Å². The molecule has 174 valence electrons. The Balaban J connectivity index is 1.61. The maximum atomic E-state index is 13.1. The number of H-pyrrole nitrogens is 1. The van der Waals surface area contributed by atoms with Crippen molar-refractivity contribution in [2.45, 2.75) is 9.79 Å². The van der Waals surface area contributed by atoms with Crippen molar-refractivity contribution < 1.29 is 22.7 Å². The van der Waals surface area contributed by atoms with Crippen molar-refractivity contribution in [3.05, 3.63) is 83.5 Å². The number of halogens is 1. The lowest BCUT2D eigenvalue weighted by Crippen LogP contribution is -2.13. The normalized spacial score (nSPS) is 11.1. The number of carbonyl (C=O) groups excluding carboxylic acids is 1. The Bertz CT molecular complexity index is 1450. The molecule has 2 N–H and O–H groups in total. The Morgan fingerprint density at radius 2 is 1.65 bits per heavy atom. The van der Waals surface area contributed by atoms with Gasteiger partial charge >= 0.3 is 0 Å². The van der Waals surface area contributed by atoms with Crippen LogP contribution in [-0.2, 0) is 9.84 Å². The van der Waals surface area contributed by atoms with Gasteiger partial charge in [0.2, 0.25) is 9.84 Å². The van der Waals surface area contributed by atoms with Crippen molar-refractivity contribution in [3.8, 4) is 22.8 Å². The van der Waals surface area contributed by atoms with Gasteiger partial charge in [0.1, 0.15) is 17.2 Å². The molecule has 10 heteroatoms. The number of ether oxygens (including phenoxy) is 2. The zero-order valence-electron chi connectivity index (χ0n) is 18.2. The van der Waals surface area contributed by atoms with E-state index in [1.54, 1.807) is 19.2 Å². The number of benzene rings is 3. The summed E-state index contributed by atoms with van der Waals surface area (Å²) in [5.74, 6) is 0.439. The lowest BCUT2D eigenvalue weighted by Gasteiger charge is -2.11. The van der Waals surface area contributed by atoms with Gasteiger partial charge in [0, 0.05) is 22.3 Å². The van der Waals surface area contributed by atoms with E-state index in [9.17, 15) is 13.2 Å². The number of carbonyl (C=O) groups is 1. The molecule has 4 rings (SSSR count). The predicted octanol–water partition coefficient (Wildman–Crippen LogP) is 4.83. The molecule has 0 aliphatic heterocycles. The molecule has 34 heavy (non-hydrogen) atoms. The fraction of sp³-hybridized carbons (Fsp3) is 0.0833. The number of nitrogens with zero attached hydrogens (tertiary/aromatic N) is 1. The van der Waals surface area contributed by atoms with E-state index in [2.05, 4.69) is 15.5 Å². The third-order valence-electron chi connectivity index (χ3n) is 5.00. The summed E-state index contributed by atoms with van der Waals surface area (Å²) in [4.78, 5) is 12.9. The van der Waals surface area contributed by atoms with Crippen LogP contribution in [0.2, 0.25) is 5.02 Å². The second kappa shape index (κ2) is 9.58. The lowest BCUT2D eigenvalue weighted by molar-refractivity contribution is 0.102. The molecule has 0 saturated heterocycles. The van der Waals surface area contributed by atoms with Crippen molar-refractivity contribution in [1.29, 1.82) is 0 Å². The number of hydrogen-bond donors (Lipinski definition) is 2. The van der Waals surface area contributed by atoms with Gasteiger partial charge in [-0.3, -0.25) is 9.89 Å². The first-order valence-corrected chi connectivity index (χ1v) is 11.9. The van der Waals surface area contributed by atoms with E-state index in [1.807, 2.05) is 18.2 Å². The largest absolute Gasteiger partial charge is 0.497 e. The van der Waals surface area contributed by atoms with Crippen LogP contribution in [0.4, 0.5) is 5.69 Å². The van der Waals surface area contributed by atoms with Crippen molar-refractivity contribution in [1.82, 2.24) is 10.2 Å². The lowest BCUT2D eigenvalue weighted by atomic mass is 10.1. The van der Waals surface area contributed by atoms with Gasteiger partial charge in [0.25, 0.3) is 5.91 Å². The maximum Gasteiger partial charge on any atom is 0.273 e. The van der Waals surface area contributed by atoms with Gasteiger partial charge in [0.05, 0.1) is 29.7 Å². The van der Waals surface area contributed by atoms with Crippen LogP contribution in [-0.4, -0.2) is 38.7 Å². The molecule has 0 fully saturated rings. The average molecular weight is 498 g/mol. The topological polar surface area (TPSA) is 110 Å². The van der Waals surface area contributed by atoms with Crippen molar-refractivity contribution in [3.63, 3.8) is 0 Å². The summed E-state index contributed by atoms with van der Waals surface area (Å²) >= 11 is 5.88. The molecule has 0 bridgehead atoms. The van der Waals surface area contributed by atoms with E-state index in [-0.39, 0.29) is 26.9 Å². The molecule has 1 heterocycles. The highest BCUT2D eigenvalue weighted by atomic mass is 35.5. The van der Waals surface area contributed by atoms with Crippen LogP contribution in [0.25, 0.3) is 11.3 Å². The summed E-state index contributed by atoms with van der Waals surface area (Å²) in [5, 5.41) is 10.0. The molecular weight excluding hydrogens is 478 g/mol. The number of aromatic amines is 1. The predicted molar refractivity (Wildman–Crippen MR) is 128 cm³/mol. The Morgan fingerprint density at radius 1 is 0.912 bits per heavy atom. The quantitative estimate of drug-likeness (QED) is 0.378. The number of methoxy groups -OCH3 is 2. The molecule has 0 unspecified atom stereocenters. The molecule has 0 spiro atoms. The van der Waals surface area contributed by atoms with Crippen LogP contribution in [0.5, 0.6) is 11.5 Å². The number of sulfone groups is 1. The molecule has 1 aromatic heterocycles. The monoisotopic (exact) mass is 497 g/mol. The Kier molecular flexibility index (Phi) is 6.58. The Morgan fingerprint density at radius 3 is 2.35 bits per heavy atom. The summed E-state index contributed by atoms with van der Waals surface area (Å²) in [6, 6.07) is 19.0. The molecule has 1 amide bonds. The molecule has 0 radical (unpaired) electrons. The molecule has 4 aromatic rings. The van der Waals surface area contributed by atoms with Crippen LogP contribution < -0.4 is 14.8 Å². The molecule has 0 saturated carbocycles. The van der Waals surface area contributed by atoms with Gasteiger partial charge in [-0.05, 0) is 54.6 Å². The minimum absolute atomic E-state index is 0.0360. The zero-order chi connectivity index (χ0) is 24.3. The molecule has 0 aliphatic carbocycles. The van der Waals surface area contributed by atoms with E-state index in [1.165, 1.54) is 49.6 Å². The SMILES string of the molecule is COc1cccc(-c2cc(C(=O)Nc3cc(OC)cc(S(=O)(=O)c4ccc(Cl)cc4)c3)[nH]n2)c1. The fourth-order valence-corrected chi connectivity index (χ4v) is 4.68. The first kappa shape index (κ1) is 23.3. The first-order chi connectivity index (χ1) is 16.3. The van der Waals surface area contributed by atoms with E-state index >= 15 is 0 Å². The van der Waals surface area contributed by atoms with E-state index < -0.39 is 15.7 Å². The van der Waals surface area contributed by atoms with Gasteiger partial charge in [-0.2, -0.15) is 5.10 Å². The summed E-state index contributed by atoms with van der Waals surface area (Å²) in [6.45, 7) is 0. The zero-order valence-corrected chi connectivity index (χ0v) is 19.8. The second-order valence-corrected chi connectivity index (χ2v) is 9.59. The summed E-state index contributed by atoms with van der Waals surface area (Å²) in [6.07, 6.45) is 0. The number of nitrogens with one attached hydrogen (secondary N) is 2. The van der Waals surface area contributed by atoms with Crippen LogP contribution >= 0.6 is 11.6 Å². The third-order valence-corrected chi connectivity index (χ3v) is 7.00. The highest BCUT2D eigenvalue weighted by Crippen LogP contribution is 2.29. The number of hydrogen-bond acceptors (Lipinski definition) is 6. The highest BCUT2D eigenvalue weighted by Gasteiger charge is 2.21. The van der Waals surface area contributed by atoms with Gasteiger partial charge in [-0.1, -0.05) is 23.7 Å². The van der Waals surface area contributed by atoms with Crippen LogP contribution in [0.3, 0.4) is 0 Å². The fourth-order valence-electron chi connectivity index (χ4n) is 3.23. The van der Waals surface area contributed by atoms with Crippen molar-refractivity contribution in [2.75, 3.05) is 19.5 Å². The molecule has 0 atom stereocenters.